The van der Waals surface area contributed by atoms with Gasteiger partial charge in [-0.1, -0.05) is 42.3 Å². The predicted octanol–water partition coefficient (Wildman–Crippen LogP) is 5.68. The van der Waals surface area contributed by atoms with E-state index in [0.717, 1.165) is 45.0 Å². The number of ether oxygens (including phenoxy) is 1. The molecule has 4 rings (SSSR count). The normalized spacial score (nSPS) is 11.6. The van der Waals surface area contributed by atoms with Gasteiger partial charge < -0.3 is 4.74 Å². The molecule has 4 aromatic rings. The number of aromatic nitrogens is 3. The molecule has 0 amide bonds. The standard InChI is InChI=1S/C28H27N3O2/c1-5-7-24(16-21(4)32)23-11-13-25(14-12-23)33-18-22-10-15-26-29-28(30-31(26)17-22)27-19(2)8-6-9-20(27)3/h6,8-15,17,24H,16,18H2,1-4H3/t24-/m0/s1. The summed E-state index contributed by atoms with van der Waals surface area (Å²) in [5, 5.41) is 4.70. The van der Waals surface area contributed by atoms with Crippen molar-refractivity contribution < 1.29 is 9.53 Å². The van der Waals surface area contributed by atoms with Crippen LogP contribution in [0.5, 0.6) is 5.75 Å². The third kappa shape index (κ3) is 5.12. The number of carbonyl (C=O) groups is 1. The first kappa shape index (κ1) is 22.3. The molecule has 5 nitrogen and oxygen atoms in total. The van der Waals surface area contributed by atoms with Gasteiger partial charge in [-0.25, -0.2) is 9.50 Å². The number of carbonyl (C=O) groups excluding carboxylic acids is 1. The average Bonchev–Trinajstić information content (AvgIpc) is 3.20. The summed E-state index contributed by atoms with van der Waals surface area (Å²) < 4.78 is 7.79. The molecular weight excluding hydrogens is 410 g/mol. The minimum atomic E-state index is -0.0812. The quantitative estimate of drug-likeness (QED) is 0.349. The minimum absolute atomic E-state index is 0.0812. The Hall–Kier alpha value is -3.91. The number of hydrogen-bond donors (Lipinski definition) is 0. The molecule has 0 radical (unpaired) electrons. The molecule has 5 heteroatoms. The molecule has 1 atom stereocenters. The fourth-order valence-corrected chi connectivity index (χ4v) is 3.96. The summed E-state index contributed by atoms with van der Waals surface area (Å²) >= 11 is 0. The molecule has 0 bridgehead atoms. The van der Waals surface area contributed by atoms with E-state index in [9.17, 15) is 4.79 Å². The number of benzene rings is 2. The molecule has 2 heterocycles. The van der Waals surface area contributed by atoms with E-state index in [2.05, 4.69) is 37.8 Å². The zero-order valence-electron chi connectivity index (χ0n) is 19.4. The number of fused-ring (bicyclic) bond motifs is 1. The van der Waals surface area contributed by atoms with Crippen LogP contribution in [0.3, 0.4) is 0 Å². The number of pyridine rings is 1. The molecule has 33 heavy (non-hydrogen) atoms. The highest BCUT2D eigenvalue weighted by atomic mass is 16.5. The Kier molecular flexibility index (Phi) is 6.55. The van der Waals surface area contributed by atoms with E-state index in [4.69, 9.17) is 14.8 Å². The van der Waals surface area contributed by atoms with Crippen LogP contribution in [-0.2, 0) is 11.4 Å². The highest BCUT2D eigenvalue weighted by Gasteiger charge is 2.13. The molecule has 0 N–H and O–H groups in total. The number of nitrogens with zero attached hydrogens (tertiary/aromatic N) is 3. The number of aryl methyl sites for hydroxylation is 2. The topological polar surface area (TPSA) is 56.5 Å². The predicted molar refractivity (Wildman–Crippen MR) is 130 cm³/mol. The van der Waals surface area contributed by atoms with Crippen LogP contribution in [0, 0.1) is 25.7 Å². The van der Waals surface area contributed by atoms with Crippen molar-refractivity contribution in [2.24, 2.45) is 0 Å². The summed E-state index contributed by atoms with van der Waals surface area (Å²) in [5.74, 6) is 7.58. The number of rotatable bonds is 7. The van der Waals surface area contributed by atoms with Gasteiger partial charge in [0.25, 0.3) is 0 Å². The molecular formula is C28H27N3O2. The summed E-state index contributed by atoms with van der Waals surface area (Å²) in [4.78, 5) is 16.2. The molecule has 0 aliphatic rings. The Morgan fingerprint density at radius 2 is 1.79 bits per heavy atom. The van der Waals surface area contributed by atoms with Gasteiger partial charge in [0, 0.05) is 23.7 Å². The van der Waals surface area contributed by atoms with Gasteiger partial charge in [0.2, 0.25) is 0 Å². The molecule has 0 saturated carbocycles. The van der Waals surface area contributed by atoms with E-state index in [-0.39, 0.29) is 11.7 Å². The van der Waals surface area contributed by atoms with Crippen molar-refractivity contribution in [3.8, 4) is 29.0 Å². The van der Waals surface area contributed by atoms with Crippen molar-refractivity contribution in [3.63, 3.8) is 0 Å². The summed E-state index contributed by atoms with van der Waals surface area (Å²) in [5.41, 5.74) is 6.22. The lowest BCUT2D eigenvalue weighted by molar-refractivity contribution is -0.117. The van der Waals surface area contributed by atoms with Gasteiger partial charge in [-0.15, -0.1) is 11.0 Å². The highest BCUT2D eigenvalue weighted by molar-refractivity contribution is 5.77. The minimum Gasteiger partial charge on any atom is -0.489 e. The van der Waals surface area contributed by atoms with Gasteiger partial charge in [0.1, 0.15) is 18.1 Å². The first-order valence-electron chi connectivity index (χ1n) is 11.0. The lowest BCUT2D eigenvalue weighted by Crippen LogP contribution is -2.03. The second kappa shape index (κ2) is 9.70. The molecule has 0 unspecified atom stereocenters. The number of hydrogen-bond acceptors (Lipinski definition) is 4. The van der Waals surface area contributed by atoms with Gasteiger partial charge in [0.05, 0.1) is 5.92 Å². The SMILES string of the molecule is CC#C[C@@H](CC(C)=O)c1ccc(OCc2ccc3nc(-c4c(C)cccc4C)nn3c2)cc1. The summed E-state index contributed by atoms with van der Waals surface area (Å²) in [6.45, 7) is 7.96. The summed E-state index contributed by atoms with van der Waals surface area (Å²) in [6.07, 6.45) is 2.37. The maximum atomic E-state index is 11.5. The van der Waals surface area contributed by atoms with Crippen molar-refractivity contribution in [1.29, 1.82) is 0 Å². The zero-order valence-corrected chi connectivity index (χ0v) is 19.4. The third-order valence-electron chi connectivity index (χ3n) is 5.60. The van der Waals surface area contributed by atoms with Gasteiger partial charge in [-0.05, 0) is 62.6 Å². The van der Waals surface area contributed by atoms with Gasteiger partial charge in [-0.3, -0.25) is 4.79 Å². The van der Waals surface area contributed by atoms with Crippen molar-refractivity contribution in [1.82, 2.24) is 14.6 Å². The highest BCUT2D eigenvalue weighted by Crippen LogP contribution is 2.25. The Morgan fingerprint density at radius 1 is 1.06 bits per heavy atom. The second-order valence-corrected chi connectivity index (χ2v) is 8.25. The first-order valence-corrected chi connectivity index (χ1v) is 11.0. The van der Waals surface area contributed by atoms with Crippen molar-refractivity contribution in [2.45, 2.75) is 46.6 Å². The van der Waals surface area contributed by atoms with Crippen molar-refractivity contribution in [3.05, 3.63) is 83.0 Å². The van der Waals surface area contributed by atoms with Crippen LogP contribution in [0.25, 0.3) is 17.0 Å². The second-order valence-electron chi connectivity index (χ2n) is 8.25. The summed E-state index contributed by atoms with van der Waals surface area (Å²) in [6, 6.07) is 18.0. The van der Waals surface area contributed by atoms with E-state index in [0.29, 0.717) is 13.0 Å². The maximum absolute atomic E-state index is 11.5. The zero-order chi connectivity index (χ0) is 23.4. The van der Waals surface area contributed by atoms with Crippen molar-refractivity contribution >= 4 is 11.4 Å². The van der Waals surface area contributed by atoms with Crippen LogP contribution in [-0.4, -0.2) is 20.4 Å². The monoisotopic (exact) mass is 437 g/mol. The van der Waals surface area contributed by atoms with Crippen LogP contribution in [0.1, 0.15) is 48.4 Å². The molecule has 0 saturated heterocycles. The molecule has 2 aromatic heterocycles. The smallest absolute Gasteiger partial charge is 0.182 e. The lowest BCUT2D eigenvalue weighted by atomic mass is 9.94. The van der Waals surface area contributed by atoms with Crippen molar-refractivity contribution in [2.75, 3.05) is 0 Å². The largest absolute Gasteiger partial charge is 0.489 e. The van der Waals surface area contributed by atoms with Crippen LogP contribution >= 0.6 is 0 Å². The molecule has 0 aliphatic carbocycles. The Morgan fingerprint density at radius 3 is 2.45 bits per heavy atom. The lowest BCUT2D eigenvalue weighted by Gasteiger charge is -2.11. The fraction of sp³-hybridized carbons (Fsp3) is 0.250. The first-order chi connectivity index (χ1) is 15.9. The third-order valence-corrected chi connectivity index (χ3v) is 5.60. The Bertz CT molecular complexity index is 1340. The van der Waals surface area contributed by atoms with E-state index < -0.39 is 0 Å². The van der Waals surface area contributed by atoms with Crippen LogP contribution in [0.2, 0.25) is 0 Å². The van der Waals surface area contributed by atoms with E-state index in [1.165, 1.54) is 0 Å². The van der Waals surface area contributed by atoms with Crippen LogP contribution in [0.4, 0.5) is 0 Å². The van der Waals surface area contributed by atoms with Gasteiger partial charge >= 0.3 is 0 Å². The van der Waals surface area contributed by atoms with Gasteiger partial charge in [0.15, 0.2) is 11.5 Å². The average molecular weight is 438 g/mol. The van der Waals surface area contributed by atoms with E-state index in [1.807, 2.05) is 48.7 Å². The van der Waals surface area contributed by atoms with Crippen LogP contribution in [0.15, 0.2) is 60.8 Å². The Balaban J connectivity index is 1.48. The molecule has 0 aliphatic heterocycles. The fourth-order valence-electron chi connectivity index (χ4n) is 3.96. The van der Waals surface area contributed by atoms with E-state index in [1.54, 1.807) is 18.4 Å². The number of ketones is 1. The molecule has 2 aromatic carbocycles. The van der Waals surface area contributed by atoms with E-state index >= 15 is 0 Å². The maximum Gasteiger partial charge on any atom is 0.182 e. The van der Waals surface area contributed by atoms with Gasteiger partial charge in [-0.2, -0.15) is 0 Å². The molecule has 166 valence electrons. The molecule has 0 fully saturated rings. The number of Topliss-reactive ketones (excluding diaryl/α,β-unsaturated/α-hetero) is 1. The summed E-state index contributed by atoms with van der Waals surface area (Å²) in [7, 11) is 0. The Labute approximate surface area is 194 Å². The molecule has 0 spiro atoms. The van der Waals surface area contributed by atoms with Crippen LogP contribution < -0.4 is 4.74 Å².